The number of aromatic hydroxyl groups is 1. The van der Waals surface area contributed by atoms with Crippen molar-refractivity contribution in [2.45, 2.75) is 19.1 Å². The Balaban J connectivity index is 2.19. The average molecular weight is 314 g/mol. The van der Waals surface area contributed by atoms with Crippen LogP contribution in [0.1, 0.15) is 17.3 Å². The highest BCUT2D eigenvalue weighted by Crippen LogP contribution is 2.22. The van der Waals surface area contributed by atoms with Gasteiger partial charge in [-0.05, 0) is 19.1 Å². The molecule has 0 radical (unpaired) electrons. The number of phenols is 1. The first-order valence-electron chi connectivity index (χ1n) is 5.90. The van der Waals surface area contributed by atoms with Crippen LogP contribution in [0.25, 0.3) is 0 Å². The zero-order valence-corrected chi connectivity index (χ0v) is 11.8. The predicted octanol–water partition coefficient (Wildman–Crippen LogP) is 2.02. The topological polar surface area (TPSA) is 49.8 Å². The lowest BCUT2D eigenvalue weighted by Crippen LogP contribution is -2.51. The molecule has 0 aliphatic carbocycles. The number of ether oxygens (including phenoxy) is 1. The zero-order chi connectivity index (χ0) is 13.1. The van der Waals surface area contributed by atoms with E-state index in [-0.39, 0.29) is 23.8 Å². The first-order chi connectivity index (χ1) is 8.63. The molecule has 4 nitrogen and oxygen atoms in total. The summed E-state index contributed by atoms with van der Waals surface area (Å²) in [4.78, 5) is 14.1. The fourth-order valence-corrected chi connectivity index (χ4v) is 2.39. The van der Waals surface area contributed by atoms with Crippen LogP contribution in [0.5, 0.6) is 5.75 Å². The van der Waals surface area contributed by atoms with Crippen molar-refractivity contribution in [1.82, 2.24) is 4.90 Å². The monoisotopic (exact) mass is 313 g/mol. The molecule has 1 aliphatic rings. The minimum absolute atomic E-state index is 0.0102. The molecule has 2 rings (SSSR count). The maximum Gasteiger partial charge on any atom is 0.258 e. The van der Waals surface area contributed by atoms with Gasteiger partial charge < -0.3 is 14.7 Å². The SMILES string of the molecule is CC1COC(CBr)CN1C(=O)c1ccccc1O. The average Bonchev–Trinajstić information content (AvgIpc) is 2.39. The number of benzene rings is 1. The Morgan fingerprint density at radius 3 is 2.94 bits per heavy atom. The number of rotatable bonds is 2. The molecule has 0 aromatic heterocycles. The lowest BCUT2D eigenvalue weighted by molar-refractivity contribution is -0.0362. The van der Waals surface area contributed by atoms with Gasteiger partial charge >= 0.3 is 0 Å². The standard InChI is InChI=1S/C13H16BrNO3/c1-9-8-18-10(6-14)7-15(9)13(17)11-4-2-3-5-12(11)16/h2-5,9-10,16H,6-8H2,1H3. The quantitative estimate of drug-likeness (QED) is 0.850. The van der Waals surface area contributed by atoms with Gasteiger partial charge in [-0.25, -0.2) is 0 Å². The van der Waals surface area contributed by atoms with E-state index in [9.17, 15) is 9.90 Å². The second-order valence-electron chi connectivity index (χ2n) is 4.43. The molecule has 1 saturated heterocycles. The Morgan fingerprint density at radius 1 is 1.56 bits per heavy atom. The molecule has 1 heterocycles. The number of alkyl halides is 1. The molecule has 1 amide bonds. The maximum atomic E-state index is 12.4. The highest BCUT2D eigenvalue weighted by Gasteiger charge is 2.30. The molecule has 0 saturated carbocycles. The molecule has 98 valence electrons. The Kier molecular flexibility index (Phi) is 4.24. The predicted molar refractivity (Wildman–Crippen MR) is 72.1 cm³/mol. The van der Waals surface area contributed by atoms with Crippen molar-refractivity contribution in [1.29, 1.82) is 0 Å². The molecule has 2 atom stereocenters. The second-order valence-corrected chi connectivity index (χ2v) is 5.08. The number of phenolic OH excluding ortho intramolecular Hbond substituents is 1. The van der Waals surface area contributed by atoms with Gasteiger partial charge in [0.2, 0.25) is 0 Å². The summed E-state index contributed by atoms with van der Waals surface area (Å²) in [5.41, 5.74) is 0.347. The number of para-hydroxylation sites is 1. The van der Waals surface area contributed by atoms with Gasteiger partial charge in [-0.15, -0.1) is 0 Å². The number of hydrogen-bond acceptors (Lipinski definition) is 3. The lowest BCUT2D eigenvalue weighted by Gasteiger charge is -2.37. The third-order valence-corrected chi connectivity index (χ3v) is 3.80. The third kappa shape index (κ3) is 2.67. The van der Waals surface area contributed by atoms with Crippen LogP contribution in [-0.2, 0) is 4.74 Å². The van der Waals surface area contributed by atoms with Gasteiger partial charge in [-0.3, -0.25) is 4.79 Å². The molecular weight excluding hydrogens is 298 g/mol. The van der Waals surface area contributed by atoms with Crippen molar-refractivity contribution in [2.24, 2.45) is 0 Å². The molecule has 1 aromatic rings. The van der Waals surface area contributed by atoms with Crippen molar-refractivity contribution in [3.05, 3.63) is 29.8 Å². The van der Waals surface area contributed by atoms with Gasteiger partial charge in [0, 0.05) is 11.9 Å². The summed E-state index contributed by atoms with van der Waals surface area (Å²) < 4.78 is 5.58. The molecular formula is C13H16BrNO3. The Labute approximate surface area is 115 Å². The zero-order valence-electron chi connectivity index (χ0n) is 10.2. The smallest absolute Gasteiger partial charge is 0.258 e. The molecule has 5 heteroatoms. The summed E-state index contributed by atoms with van der Waals surface area (Å²) in [7, 11) is 0. The molecule has 1 aromatic carbocycles. The summed E-state index contributed by atoms with van der Waals surface area (Å²) >= 11 is 3.37. The summed E-state index contributed by atoms with van der Waals surface area (Å²) in [5, 5.41) is 10.4. The van der Waals surface area contributed by atoms with Crippen LogP contribution in [0.3, 0.4) is 0 Å². The van der Waals surface area contributed by atoms with E-state index in [4.69, 9.17) is 4.74 Å². The second kappa shape index (κ2) is 5.71. The Hall–Kier alpha value is -1.07. The van der Waals surface area contributed by atoms with E-state index < -0.39 is 0 Å². The Bertz CT molecular complexity index is 438. The molecule has 1 N–H and O–H groups in total. The number of carbonyl (C=O) groups excluding carboxylic acids is 1. The van der Waals surface area contributed by atoms with Gasteiger partial charge in [0.05, 0.1) is 24.3 Å². The number of amides is 1. The largest absolute Gasteiger partial charge is 0.507 e. The van der Waals surface area contributed by atoms with E-state index in [0.717, 1.165) is 0 Å². The van der Waals surface area contributed by atoms with Crippen molar-refractivity contribution in [2.75, 3.05) is 18.5 Å². The molecule has 0 bridgehead atoms. The normalized spacial score (nSPS) is 24.0. The lowest BCUT2D eigenvalue weighted by atomic mass is 10.1. The summed E-state index contributed by atoms with van der Waals surface area (Å²) in [6, 6.07) is 6.65. The molecule has 0 spiro atoms. The van der Waals surface area contributed by atoms with Crippen LogP contribution in [0.15, 0.2) is 24.3 Å². The van der Waals surface area contributed by atoms with Crippen molar-refractivity contribution < 1.29 is 14.6 Å². The molecule has 2 unspecified atom stereocenters. The minimum Gasteiger partial charge on any atom is -0.507 e. The number of morpholine rings is 1. The summed E-state index contributed by atoms with van der Waals surface area (Å²) in [5.74, 6) is -0.119. The van der Waals surface area contributed by atoms with Crippen LogP contribution >= 0.6 is 15.9 Å². The van der Waals surface area contributed by atoms with Crippen LogP contribution in [0.4, 0.5) is 0 Å². The number of hydrogen-bond donors (Lipinski definition) is 1. The van der Waals surface area contributed by atoms with Gasteiger partial charge in [0.15, 0.2) is 0 Å². The van der Waals surface area contributed by atoms with E-state index in [2.05, 4.69) is 15.9 Å². The van der Waals surface area contributed by atoms with Crippen LogP contribution in [0.2, 0.25) is 0 Å². The van der Waals surface area contributed by atoms with E-state index in [0.29, 0.717) is 24.0 Å². The first kappa shape index (κ1) is 13.4. The highest BCUT2D eigenvalue weighted by atomic mass is 79.9. The highest BCUT2D eigenvalue weighted by molar-refractivity contribution is 9.09. The van der Waals surface area contributed by atoms with E-state index in [1.807, 2.05) is 6.92 Å². The van der Waals surface area contributed by atoms with Crippen LogP contribution in [-0.4, -0.2) is 46.5 Å². The summed E-state index contributed by atoms with van der Waals surface area (Å²) in [6.07, 6.45) is 0.0102. The number of carbonyl (C=O) groups is 1. The maximum absolute atomic E-state index is 12.4. The van der Waals surface area contributed by atoms with Gasteiger partial charge in [0.1, 0.15) is 5.75 Å². The van der Waals surface area contributed by atoms with E-state index in [1.165, 1.54) is 6.07 Å². The molecule has 1 aliphatic heterocycles. The molecule has 18 heavy (non-hydrogen) atoms. The number of nitrogens with zero attached hydrogens (tertiary/aromatic N) is 1. The van der Waals surface area contributed by atoms with E-state index in [1.54, 1.807) is 23.1 Å². The van der Waals surface area contributed by atoms with Gasteiger partial charge in [-0.1, -0.05) is 28.1 Å². The molecule has 1 fully saturated rings. The Morgan fingerprint density at radius 2 is 2.28 bits per heavy atom. The minimum atomic E-state index is -0.144. The van der Waals surface area contributed by atoms with Crippen molar-refractivity contribution >= 4 is 21.8 Å². The van der Waals surface area contributed by atoms with Crippen molar-refractivity contribution in [3.8, 4) is 5.75 Å². The van der Waals surface area contributed by atoms with E-state index >= 15 is 0 Å². The van der Waals surface area contributed by atoms with Crippen molar-refractivity contribution in [3.63, 3.8) is 0 Å². The summed E-state index contributed by atoms with van der Waals surface area (Å²) in [6.45, 7) is 3.01. The number of halogens is 1. The van der Waals surface area contributed by atoms with Gasteiger partial charge in [0.25, 0.3) is 5.91 Å². The van der Waals surface area contributed by atoms with Crippen LogP contribution < -0.4 is 0 Å². The first-order valence-corrected chi connectivity index (χ1v) is 7.02. The van der Waals surface area contributed by atoms with Gasteiger partial charge in [-0.2, -0.15) is 0 Å². The van der Waals surface area contributed by atoms with Crippen LogP contribution in [0, 0.1) is 0 Å². The third-order valence-electron chi connectivity index (χ3n) is 3.07. The fourth-order valence-electron chi connectivity index (χ4n) is 2.00. The fraction of sp³-hybridized carbons (Fsp3) is 0.462.